The summed E-state index contributed by atoms with van der Waals surface area (Å²) in [6.45, 7) is 10.7. The molecule has 0 saturated carbocycles. The Kier molecular flexibility index (Phi) is 10.5. The lowest BCUT2D eigenvalue weighted by Crippen LogP contribution is -2.50. The van der Waals surface area contributed by atoms with Crippen molar-refractivity contribution in [3.63, 3.8) is 0 Å². The molecule has 1 spiro atoms. The first-order valence-corrected chi connectivity index (χ1v) is 11.8. The van der Waals surface area contributed by atoms with Crippen LogP contribution in [0.4, 0.5) is 0 Å². The Morgan fingerprint density at radius 1 is 1.12 bits per heavy atom. The second-order valence-corrected chi connectivity index (χ2v) is 8.58. The minimum atomic E-state index is -0.129. The molecular weight excluding hydrogens is 408 g/mol. The first-order valence-electron chi connectivity index (χ1n) is 11.8. The summed E-state index contributed by atoms with van der Waals surface area (Å²) in [5.41, 5.74) is 9.86. The van der Waals surface area contributed by atoms with Crippen LogP contribution in [0.5, 0.6) is 0 Å². The maximum atomic E-state index is 13.1. The van der Waals surface area contributed by atoms with Crippen LogP contribution in [0.3, 0.4) is 0 Å². The zero-order chi connectivity index (χ0) is 24.3. The number of allylic oxidation sites excluding steroid dienone is 1. The lowest BCUT2D eigenvalue weighted by molar-refractivity contribution is 0.0273. The van der Waals surface area contributed by atoms with Crippen molar-refractivity contribution >= 4 is 12.6 Å². The molecule has 4 rings (SSSR count). The van der Waals surface area contributed by atoms with E-state index in [1.165, 1.54) is 16.7 Å². The molecule has 0 radical (unpaired) electrons. The fraction of sp³-hybridized carbons (Fsp3) is 0.429. The molecule has 2 aliphatic rings. The third-order valence-electron chi connectivity index (χ3n) is 6.54. The number of hydrogen-bond acceptors (Lipinski definition) is 4. The molecule has 2 N–H and O–H groups in total. The predicted molar refractivity (Wildman–Crippen MR) is 140 cm³/mol. The quantitative estimate of drug-likeness (QED) is 0.535. The number of nitrogens with zero attached hydrogens (tertiary/aromatic N) is 3. The number of carbonyl (C=O) groups excluding carboxylic acids is 1. The molecule has 1 saturated heterocycles. The molecule has 1 amide bonds. The highest BCUT2D eigenvalue weighted by atomic mass is 16.2. The zero-order valence-corrected chi connectivity index (χ0v) is 20.8. The van der Waals surface area contributed by atoms with Crippen molar-refractivity contribution in [1.82, 2.24) is 9.80 Å². The van der Waals surface area contributed by atoms with Gasteiger partial charge in [0, 0.05) is 38.8 Å². The number of fused-ring (bicyclic) bond motifs is 2. The smallest absolute Gasteiger partial charge is 0.255 e. The van der Waals surface area contributed by atoms with Crippen LogP contribution >= 0.6 is 0 Å². The second-order valence-electron chi connectivity index (χ2n) is 8.58. The van der Waals surface area contributed by atoms with E-state index in [1.54, 1.807) is 7.05 Å². The summed E-state index contributed by atoms with van der Waals surface area (Å²) in [6, 6.07) is 18.5. The monoisotopic (exact) mass is 448 g/mol. The van der Waals surface area contributed by atoms with Gasteiger partial charge < -0.3 is 20.5 Å². The fourth-order valence-corrected chi connectivity index (χ4v) is 4.54. The highest BCUT2D eigenvalue weighted by Crippen LogP contribution is 2.46. The molecule has 2 aliphatic heterocycles. The highest BCUT2D eigenvalue weighted by Gasteiger charge is 2.50. The number of amides is 1. The van der Waals surface area contributed by atoms with E-state index in [4.69, 9.17) is 5.73 Å². The first-order chi connectivity index (χ1) is 16.0. The fourth-order valence-electron chi connectivity index (χ4n) is 4.54. The normalized spacial score (nSPS) is 16.9. The lowest BCUT2D eigenvalue weighted by atomic mass is 9.80. The van der Waals surface area contributed by atoms with Gasteiger partial charge in [-0.25, -0.2) is 0 Å². The van der Waals surface area contributed by atoms with E-state index < -0.39 is 0 Å². The number of aliphatic imine (C=N–C) groups is 1. The number of benzene rings is 2. The summed E-state index contributed by atoms with van der Waals surface area (Å²) in [5.74, 6) is 0.189. The molecule has 0 aromatic heterocycles. The maximum absolute atomic E-state index is 13.1. The Balaban J connectivity index is 0.000000328. The molecule has 0 bridgehead atoms. The zero-order valence-electron chi connectivity index (χ0n) is 20.8. The van der Waals surface area contributed by atoms with Crippen molar-refractivity contribution in [1.29, 1.82) is 0 Å². The molecule has 2 aromatic rings. The van der Waals surface area contributed by atoms with Crippen molar-refractivity contribution < 1.29 is 4.79 Å². The van der Waals surface area contributed by atoms with Crippen LogP contribution in [0.1, 0.15) is 54.6 Å². The van der Waals surface area contributed by atoms with E-state index in [-0.39, 0.29) is 11.4 Å². The van der Waals surface area contributed by atoms with E-state index in [2.05, 4.69) is 65.8 Å². The van der Waals surface area contributed by atoms with Gasteiger partial charge in [0.25, 0.3) is 5.91 Å². The Morgan fingerprint density at radius 3 is 2.21 bits per heavy atom. The van der Waals surface area contributed by atoms with Gasteiger partial charge in [-0.15, -0.1) is 0 Å². The molecule has 2 aromatic carbocycles. The Morgan fingerprint density at radius 2 is 1.70 bits per heavy atom. The van der Waals surface area contributed by atoms with E-state index in [1.807, 2.05) is 37.3 Å². The Bertz CT molecular complexity index is 909. The van der Waals surface area contributed by atoms with E-state index in [0.717, 1.165) is 37.9 Å². The standard InChI is InChI=1S/C20H22N2O.C6H13N.C2H5N/c1-21-13-11-20(12-14-21)18-10-6-5-9-17(18)19(23)22(20)15-16-7-3-2-4-8-16;1-3-6(4-2)5-7;1-3-2/h2-10H,11-15H2,1H3;3H,4-5,7H2,1-2H3;1H2,2H3/b;6-3+;. The van der Waals surface area contributed by atoms with Crippen molar-refractivity contribution in [2.75, 3.05) is 33.7 Å². The minimum absolute atomic E-state index is 0.129. The maximum Gasteiger partial charge on any atom is 0.255 e. The molecule has 5 heteroatoms. The van der Waals surface area contributed by atoms with Crippen LogP contribution in [0.15, 0.2) is 71.2 Å². The summed E-state index contributed by atoms with van der Waals surface area (Å²) in [4.78, 5) is 20.8. The van der Waals surface area contributed by atoms with Gasteiger partial charge >= 0.3 is 0 Å². The number of hydrogen-bond donors (Lipinski definition) is 1. The van der Waals surface area contributed by atoms with Gasteiger partial charge in [-0.3, -0.25) is 4.79 Å². The topological polar surface area (TPSA) is 61.9 Å². The van der Waals surface area contributed by atoms with Crippen LogP contribution < -0.4 is 5.73 Å². The number of piperidine rings is 1. The van der Waals surface area contributed by atoms with Gasteiger partial charge in [0.2, 0.25) is 0 Å². The van der Waals surface area contributed by atoms with E-state index >= 15 is 0 Å². The molecule has 0 aliphatic carbocycles. The van der Waals surface area contributed by atoms with Gasteiger partial charge in [0.1, 0.15) is 0 Å². The van der Waals surface area contributed by atoms with Crippen molar-refractivity contribution in [2.45, 2.75) is 45.2 Å². The van der Waals surface area contributed by atoms with Gasteiger partial charge in [0.15, 0.2) is 0 Å². The molecule has 0 unspecified atom stereocenters. The number of likely N-dealkylation sites (tertiary alicyclic amines) is 1. The first kappa shape index (κ1) is 26.5. The third-order valence-corrected chi connectivity index (χ3v) is 6.54. The molecule has 33 heavy (non-hydrogen) atoms. The van der Waals surface area contributed by atoms with Crippen LogP contribution in [0, 0.1) is 0 Å². The molecule has 0 atom stereocenters. The lowest BCUT2D eigenvalue weighted by Gasteiger charge is -2.44. The summed E-state index contributed by atoms with van der Waals surface area (Å²) in [5, 5.41) is 0. The molecule has 1 fully saturated rings. The summed E-state index contributed by atoms with van der Waals surface area (Å²) < 4.78 is 0. The summed E-state index contributed by atoms with van der Waals surface area (Å²) in [6.07, 6.45) is 5.19. The third kappa shape index (κ3) is 6.40. The van der Waals surface area contributed by atoms with E-state index in [9.17, 15) is 4.79 Å². The summed E-state index contributed by atoms with van der Waals surface area (Å²) >= 11 is 0. The number of carbonyl (C=O) groups is 1. The van der Waals surface area contributed by atoms with Gasteiger partial charge in [-0.05, 0) is 57.1 Å². The summed E-state index contributed by atoms with van der Waals surface area (Å²) in [7, 11) is 3.80. The molecule has 2 heterocycles. The largest absolute Gasteiger partial charge is 0.327 e. The Labute approximate surface area is 200 Å². The number of rotatable bonds is 4. The van der Waals surface area contributed by atoms with E-state index in [0.29, 0.717) is 13.1 Å². The van der Waals surface area contributed by atoms with Gasteiger partial charge in [-0.2, -0.15) is 0 Å². The van der Waals surface area contributed by atoms with Gasteiger partial charge in [-0.1, -0.05) is 67.1 Å². The average molecular weight is 449 g/mol. The Hall–Kier alpha value is -2.76. The van der Waals surface area contributed by atoms with Crippen LogP contribution in [-0.4, -0.2) is 56.2 Å². The van der Waals surface area contributed by atoms with Crippen LogP contribution in [0.2, 0.25) is 0 Å². The molecule has 178 valence electrons. The molecule has 5 nitrogen and oxygen atoms in total. The second kappa shape index (κ2) is 13.1. The van der Waals surface area contributed by atoms with Crippen molar-refractivity contribution in [3.05, 3.63) is 82.9 Å². The molecular formula is C28H40N4O. The van der Waals surface area contributed by atoms with Crippen molar-refractivity contribution in [2.24, 2.45) is 10.7 Å². The van der Waals surface area contributed by atoms with Crippen LogP contribution in [0.25, 0.3) is 0 Å². The van der Waals surface area contributed by atoms with Crippen LogP contribution in [-0.2, 0) is 12.1 Å². The highest BCUT2D eigenvalue weighted by molar-refractivity contribution is 6.00. The average Bonchev–Trinajstić information content (AvgIpc) is 3.07. The minimum Gasteiger partial charge on any atom is -0.327 e. The number of nitrogens with two attached hydrogens (primary N) is 1. The van der Waals surface area contributed by atoms with Gasteiger partial charge in [0.05, 0.1) is 5.54 Å². The van der Waals surface area contributed by atoms with Crippen molar-refractivity contribution in [3.8, 4) is 0 Å². The predicted octanol–water partition coefficient (Wildman–Crippen LogP) is 4.88. The SMILES string of the molecule is C/C=C(\CC)CN.C=NC.CN1CCC2(CC1)c1ccccc1C(=O)N2Cc1ccccc1.